The maximum Gasteiger partial charge on any atom is 0.168 e. The van der Waals surface area contributed by atoms with Crippen LogP contribution in [-0.4, -0.2) is 12.3 Å². The van der Waals surface area contributed by atoms with E-state index in [1.54, 1.807) is 0 Å². The van der Waals surface area contributed by atoms with Crippen molar-refractivity contribution in [2.24, 2.45) is 22.1 Å². The van der Waals surface area contributed by atoms with Crippen LogP contribution < -0.4 is 0 Å². The molecule has 3 atom stereocenters. The van der Waals surface area contributed by atoms with Gasteiger partial charge in [0.05, 0.1) is 12.5 Å². The van der Waals surface area contributed by atoms with Crippen molar-refractivity contribution in [1.29, 1.82) is 0 Å². The summed E-state index contributed by atoms with van der Waals surface area (Å²) in [6.45, 7) is 2.37. The van der Waals surface area contributed by atoms with Crippen LogP contribution in [0.5, 0.6) is 0 Å². The number of carbonyl (C=O) groups excluding carboxylic acids is 1. The molecule has 2 aromatic rings. The van der Waals surface area contributed by atoms with E-state index in [0.29, 0.717) is 6.54 Å². The molecule has 3 nitrogen and oxygen atoms in total. The maximum atomic E-state index is 13.5. The molecule has 0 saturated heterocycles. The first kappa shape index (κ1) is 15.5. The molecule has 5 heteroatoms. The van der Waals surface area contributed by atoms with Crippen LogP contribution in [0.4, 0.5) is 8.78 Å². The first-order valence-corrected chi connectivity index (χ1v) is 7.48. The van der Waals surface area contributed by atoms with Crippen molar-refractivity contribution in [1.82, 2.24) is 0 Å². The molecule has 0 aromatic heterocycles. The summed E-state index contributed by atoms with van der Waals surface area (Å²) in [6, 6.07) is 12.3. The summed E-state index contributed by atoms with van der Waals surface area (Å²) in [5.74, 6) is -2.68. The minimum atomic E-state index is -1.02. The van der Waals surface area contributed by atoms with E-state index >= 15 is 0 Å². The van der Waals surface area contributed by atoms with E-state index in [0.717, 1.165) is 17.7 Å². The Morgan fingerprint density at radius 2 is 1.83 bits per heavy atom. The lowest BCUT2D eigenvalue weighted by Gasteiger charge is -2.30. The zero-order chi connectivity index (χ0) is 16.4. The second kappa shape index (κ2) is 6.36. The lowest BCUT2D eigenvalue weighted by molar-refractivity contribution is 0.0835. The first-order valence-electron chi connectivity index (χ1n) is 7.48. The summed E-state index contributed by atoms with van der Waals surface area (Å²) < 4.78 is 26.6. The molecule has 0 radical (unpaired) electrons. The predicted molar refractivity (Wildman–Crippen MR) is 82.2 cm³/mol. The molecule has 0 N–H and O–H groups in total. The lowest BCUT2D eigenvalue weighted by Crippen LogP contribution is -2.32. The third-order valence-electron chi connectivity index (χ3n) is 4.18. The number of halogens is 2. The van der Waals surface area contributed by atoms with Crippen molar-refractivity contribution in [2.75, 3.05) is 6.54 Å². The van der Waals surface area contributed by atoms with Crippen LogP contribution in [0.25, 0.3) is 0 Å². The van der Waals surface area contributed by atoms with Crippen molar-refractivity contribution in [3.05, 3.63) is 71.3 Å². The lowest BCUT2D eigenvalue weighted by atomic mass is 9.78. The van der Waals surface area contributed by atoms with Gasteiger partial charge in [-0.05, 0) is 29.7 Å². The zero-order valence-electron chi connectivity index (χ0n) is 12.6. The number of nitrogens with zero attached hydrogens (tertiary/aromatic N) is 2. The molecule has 1 aliphatic heterocycles. The Morgan fingerprint density at radius 1 is 1.09 bits per heavy atom. The molecule has 1 heterocycles. The SMILES string of the molecule is C[C@@H]1CN=NC(c2ccccc2)[C@@H]1C(=O)c1ccc(F)c(F)c1. The molecule has 0 aliphatic carbocycles. The van der Waals surface area contributed by atoms with Crippen molar-refractivity contribution in [2.45, 2.75) is 13.0 Å². The first-order chi connectivity index (χ1) is 11.1. The smallest absolute Gasteiger partial charge is 0.168 e. The fraction of sp³-hybridized carbons (Fsp3) is 0.278. The largest absolute Gasteiger partial charge is 0.294 e. The van der Waals surface area contributed by atoms with Gasteiger partial charge >= 0.3 is 0 Å². The molecule has 3 rings (SSSR count). The topological polar surface area (TPSA) is 41.8 Å². The van der Waals surface area contributed by atoms with E-state index in [9.17, 15) is 13.6 Å². The molecule has 0 saturated carbocycles. The van der Waals surface area contributed by atoms with Gasteiger partial charge in [-0.3, -0.25) is 4.79 Å². The van der Waals surface area contributed by atoms with Crippen LogP contribution in [0.15, 0.2) is 58.8 Å². The van der Waals surface area contributed by atoms with Gasteiger partial charge in [0.15, 0.2) is 17.4 Å². The van der Waals surface area contributed by atoms with Crippen LogP contribution in [0.2, 0.25) is 0 Å². The summed E-state index contributed by atoms with van der Waals surface area (Å²) in [5, 5.41) is 8.37. The molecule has 0 bridgehead atoms. The fourth-order valence-electron chi connectivity index (χ4n) is 2.93. The minimum Gasteiger partial charge on any atom is -0.294 e. The number of hydrogen-bond acceptors (Lipinski definition) is 3. The highest BCUT2D eigenvalue weighted by Gasteiger charge is 2.37. The van der Waals surface area contributed by atoms with E-state index in [2.05, 4.69) is 10.2 Å². The highest BCUT2D eigenvalue weighted by atomic mass is 19.2. The highest BCUT2D eigenvalue weighted by Crippen LogP contribution is 2.37. The van der Waals surface area contributed by atoms with Crippen LogP contribution in [-0.2, 0) is 0 Å². The quantitative estimate of drug-likeness (QED) is 0.763. The highest BCUT2D eigenvalue weighted by molar-refractivity contribution is 5.98. The van der Waals surface area contributed by atoms with Gasteiger partial charge in [-0.25, -0.2) is 8.78 Å². The summed E-state index contributed by atoms with van der Waals surface area (Å²) in [5.41, 5.74) is 1.06. The van der Waals surface area contributed by atoms with Crippen LogP contribution in [0.3, 0.4) is 0 Å². The molecule has 2 aromatic carbocycles. The van der Waals surface area contributed by atoms with Gasteiger partial charge in [0.2, 0.25) is 0 Å². The monoisotopic (exact) mass is 314 g/mol. The molecule has 0 spiro atoms. The van der Waals surface area contributed by atoms with Gasteiger partial charge in [0, 0.05) is 5.56 Å². The third-order valence-corrected chi connectivity index (χ3v) is 4.18. The fourth-order valence-corrected chi connectivity index (χ4v) is 2.93. The van der Waals surface area contributed by atoms with E-state index in [1.165, 1.54) is 6.07 Å². The number of azo groups is 1. The molecule has 0 amide bonds. The summed E-state index contributed by atoms with van der Waals surface area (Å²) in [4.78, 5) is 12.9. The molecule has 1 unspecified atom stereocenters. The van der Waals surface area contributed by atoms with Gasteiger partial charge in [-0.15, -0.1) is 0 Å². The molecule has 0 fully saturated rings. The maximum absolute atomic E-state index is 13.5. The Balaban J connectivity index is 1.98. The molecule has 118 valence electrons. The standard InChI is InChI=1S/C18H16F2N2O/c1-11-10-21-22-17(12-5-3-2-4-6-12)16(11)18(23)13-7-8-14(19)15(20)9-13/h2-9,11,16-17H,10H2,1H3/t11-,16-,17?/m1/s1. The Bertz CT molecular complexity index is 746. The summed E-state index contributed by atoms with van der Waals surface area (Å²) in [6.07, 6.45) is 0. The van der Waals surface area contributed by atoms with Crippen molar-refractivity contribution >= 4 is 5.78 Å². The predicted octanol–water partition coefficient (Wildman–Crippen LogP) is 4.61. The number of hydrogen-bond donors (Lipinski definition) is 0. The van der Waals surface area contributed by atoms with Crippen molar-refractivity contribution in [3.63, 3.8) is 0 Å². The van der Waals surface area contributed by atoms with Gasteiger partial charge < -0.3 is 0 Å². The van der Waals surface area contributed by atoms with Crippen molar-refractivity contribution in [3.8, 4) is 0 Å². The molecule has 1 aliphatic rings. The number of ketones is 1. The molecular formula is C18H16F2N2O. The van der Waals surface area contributed by atoms with E-state index in [4.69, 9.17) is 0 Å². The zero-order valence-corrected chi connectivity index (χ0v) is 12.6. The summed E-state index contributed by atoms with van der Waals surface area (Å²) >= 11 is 0. The van der Waals surface area contributed by atoms with E-state index < -0.39 is 23.6 Å². The average molecular weight is 314 g/mol. The Labute approximate surface area is 133 Å². The number of carbonyl (C=O) groups is 1. The number of Topliss-reactive ketones (excluding diaryl/α,β-unsaturated/α-hetero) is 1. The molecular weight excluding hydrogens is 298 g/mol. The van der Waals surface area contributed by atoms with Gasteiger partial charge in [0.25, 0.3) is 0 Å². The normalized spacial score (nSPS) is 23.7. The van der Waals surface area contributed by atoms with Crippen molar-refractivity contribution < 1.29 is 13.6 Å². The van der Waals surface area contributed by atoms with Gasteiger partial charge in [0.1, 0.15) is 6.04 Å². The second-order valence-corrected chi connectivity index (χ2v) is 5.79. The van der Waals surface area contributed by atoms with Gasteiger partial charge in [-0.1, -0.05) is 37.3 Å². The second-order valence-electron chi connectivity index (χ2n) is 5.79. The molecule has 23 heavy (non-hydrogen) atoms. The Kier molecular flexibility index (Phi) is 4.28. The third kappa shape index (κ3) is 3.04. The van der Waals surface area contributed by atoms with Crippen LogP contribution in [0.1, 0.15) is 28.9 Å². The Hall–Kier alpha value is -2.43. The Morgan fingerprint density at radius 3 is 2.52 bits per heavy atom. The summed E-state index contributed by atoms with van der Waals surface area (Å²) in [7, 11) is 0. The van der Waals surface area contributed by atoms with E-state index in [-0.39, 0.29) is 17.3 Å². The van der Waals surface area contributed by atoms with E-state index in [1.807, 2.05) is 37.3 Å². The van der Waals surface area contributed by atoms with Gasteiger partial charge in [-0.2, -0.15) is 10.2 Å². The van der Waals surface area contributed by atoms with Crippen LogP contribution in [0, 0.1) is 23.5 Å². The number of benzene rings is 2. The van der Waals surface area contributed by atoms with Crippen LogP contribution >= 0.6 is 0 Å². The average Bonchev–Trinajstić information content (AvgIpc) is 2.57. The number of rotatable bonds is 3. The minimum absolute atomic E-state index is 0.0293.